The second kappa shape index (κ2) is 15.4. The summed E-state index contributed by atoms with van der Waals surface area (Å²) in [5.41, 5.74) is 9.71. The van der Waals surface area contributed by atoms with Crippen molar-refractivity contribution in [3.63, 3.8) is 0 Å². The fraction of sp³-hybridized carbons (Fsp3) is 0.360. The number of nitrogens with two attached hydrogens (primary N) is 1. The van der Waals surface area contributed by atoms with E-state index in [2.05, 4.69) is 16.3 Å². The number of anilines is 1. The molecule has 37 heavy (non-hydrogen) atoms. The van der Waals surface area contributed by atoms with Crippen LogP contribution in [0.1, 0.15) is 25.3 Å². The van der Waals surface area contributed by atoms with Gasteiger partial charge in [-0.2, -0.15) is 0 Å². The second-order valence-electron chi connectivity index (χ2n) is 8.49. The lowest BCUT2D eigenvalue weighted by Crippen LogP contribution is -2.43. The molecule has 0 aliphatic carbocycles. The van der Waals surface area contributed by atoms with Gasteiger partial charge in [0, 0.05) is 74.3 Å². The van der Waals surface area contributed by atoms with Crippen LogP contribution in [0.25, 0.3) is 11.3 Å². The molecular weight excluding hydrogens is 592 g/mol. The first-order valence-corrected chi connectivity index (χ1v) is 14.0. The average Bonchev–Trinajstić information content (AvgIpc) is 3.33. The number of hydrogen-bond donors (Lipinski definition) is 2. The van der Waals surface area contributed by atoms with Crippen molar-refractivity contribution in [3.05, 3.63) is 63.5 Å². The van der Waals surface area contributed by atoms with E-state index < -0.39 is 0 Å². The van der Waals surface area contributed by atoms with Crippen molar-refractivity contribution < 1.29 is 4.79 Å². The van der Waals surface area contributed by atoms with E-state index in [9.17, 15) is 4.79 Å². The van der Waals surface area contributed by atoms with Gasteiger partial charge in [0.1, 0.15) is 0 Å². The summed E-state index contributed by atoms with van der Waals surface area (Å²) in [4.78, 5) is 19.7. The van der Waals surface area contributed by atoms with Gasteiger partial charge in [0.2, 0.25) is 5.91 Å². The highest BCUT2D eigenvalue weighted by atomic mass is 35.5. The number of piperidine rings is 1. The summed E-state index contributed by atoms with van der Waals surface area (Å²) in [7, 11) is 0. The predicted molar refractivity (Wildman–Crippen MR) is 163 cm³/mol. The Morgan fingerprint density at radius 3 is 2.62 bits per heavy atom. The molecule has 1 saturated heterocycles. The number of aromatic nitrogens is 1. The molecule has 3 aromatic rings. The normalized spacial score (nSPS) is 13.9. The van der Waals surface area contributed by atoms with Gasteiger partial charge in [0.15, 0.2) is 4.34 Å². The number of rotatable bonds is 9. The maximum Gasteiger partial charge on any atom is 0.229 e. The molecule has 3 N–H and O–H groups in total. The second-order valence-corrected chi connectivity index (χ2v) is 11.4. The van der Waals surface area contributed by atoms with Crippen molar-refractivity contribution >= 4 is 82.9 Å². The van der Waals surface area contributed by atoms with Gasteiger partial charge in [0.25, 0.3) is 0 Å². The summed E-state index contributed by atoms with van der Waals surface area (Å²) in [5.74, 6) is 0.0580. The van der Waals surface area contributed by atoms with Crippen LogP contribution in [0.15, 0.2) is 52.2 Å². The fourth-order valence-corrected chi connectivity index (χ4v) is 6.35. The lowest BCUT2D eigenvalue weighted by atomic mass is 10.0. The zero-order valence-corrected chi connectivity index (χ0v) is 25.1. The van der Waals surface area contributed by atoms with Gasteiger partial charge < -0.3 is 11.1 Å². The van der Waals surface area contributed by atoms with Gasteiger partial charge >= 0.3 is 0 Å². The third-order valence-corrected chi connectivity index (χ3v) is 8.77. The minimum Gasteiger partial charge on any atom is -0.384 e. The van der Waals surface area contributed by atoms with E-state index in [4.69, 9.17) is 33.9 Å². The zero-order valence-electron chi connectivity index (χ0n) is 20.4. The highest BCUT2D eigenvalue weighted by Gasteiger charge is 2.28. The number of thiazole rings is 1. The van der Waals surface area contributed by atoms with Crippen LogP contribution >= 0.6 is 71.3 Å². The van der Waals surface area contributed by atoms with Crippen LogP contribution in [0.5, 0.6) is 0 Å². The van der Waals surface area contributed by atoms with Gasteiger partial charge in [-0.1, -0.05) is 41.4 Å². The maximum atomic E-state index is 12.5. The molecule has 2 heterocycles. The molecule has 12 heteroatoms. The Morgan fingerprint density at radius 1 is 1.19 bits per heavy atom. The number of benzene rings is 2. The Bertz CT molecular complexity index is 1160. The van der Waals surface area contributed by atoms with E-state index >= 15 is 0 Å². The predicted octanol–water partition coefficient (Wildman–Crippen LogP) is 6.85. The van der Waals surface area contributed by atoms with E-state index in [1.54, 1.807) is 18.3 Å². The first kappa shape index (κ1) is 32.0. The molecule has 0 unspecified atom stereocenters. The Morgan fingerprint density at radius 2 is 1.95 bits per heavy atom. The van der Waals surface area contributed by atoms with Crippen LogP contribution in [-0.2, 0) is 11.3 Å². The van der Waals surface area contributed by atoms with Crippen LogP contribution in [-0.4, -0.2) is 52.3 Å². The highest BCUT2D eigenvalue weighted by Crippen LogP contribution is 2.34. The third kappa shape index (κ3) is 8.90. The number of hydrogen-bond acceptors (Lipinski definition) is 7. The monoisotopic (exact) mass is 621 g/mol. The molecule has 202 valence electrons. The standard InChI is InChI=1S/C25H29Cl2N5OS2.2ClH/c1-17(33)32(21-7-11-31(12-8-21)15-18-5-6-22(26)23(27)13-18)35-25-30-24(16-34-25)19-3-2-4-20(14-19)29-10-9-28;;/h2-6,13-14,16,21,29H,7-12,15,28H2,1H3;2*1H. The number of nitrogens with zero attached hydrogens (tertiary/aromatic N) is 3. The quantitative estimate of drug-likeness (QED) is 0.254. The van der Waals surface area contributed by atoms with Crippen LogP contribution in [0, 0.1) is 0 Å². The molecule has 4 rings (SSSR count). The Kier molecular flexibility index (Phi) is 13.3. The van der Waals surface area contributed by atoms with E-state index in [-0.39, 0.29) is 36.8 Å². The van der Waals surface area contributed by atoms with Crippen molar-refractivity contribution in [2.45, 2.75) is 36.7 Å². The van der Waals surface area contributed by atoms with Crippen molar-refractivity contribution in [1.29, 1.82) is 0 Å². The van der Waals surface area contributed by atoms with E-state index in [0.29, 0.717) is 16.6 Å². The van der Waals surface area contributed by atoms with Gasteiger partial charge in [-0.3, -0.25) is 14.0 Å². The molecule has 0 bridgehead atoms. The first-order valence-electron chi connectivity index (χ1n) is 11.6. The number of carbonyl (C=O) groups excluding carboxylic acids is 1. The van der Waals surface area contributed by atoms with Gasteiger partial charge in [-0.25, -0.2) is 4.98 Å². The summed E-state index contributed by atoms with van der Waals surface area (Å²) in [6, 6.07) is 14.1. The maximum absolute atomic E-state index is 12.5. The Hall–Kier alpha value is -1.23. The highest BCUT2D eigenvalue weighted by molar-refractivity contribution is 7.99. The summed E-state index contributed by atoms with van der Waals surface area (Å²) in [6.45, 7) is 5.60. The van der Waals surface area contributed by atoms with Crippen molar-refractivity contribution in [2.24, 2.45) is 5.73 Å². The summed E-state index contributed by atoms with van der Waals surface area (Å²) >= 11 is 15.2. The molecule has 2 aromatic carbocycles. The Labute approximate surface area is 249 Å². The fourth-order valence-electron chi connectivity index (χ4n) is 4.12. The van der Waals surface area contributed by atoms with Crippen LogP contribution in [0.2, 0.25) is 10.0 Å². The first-order chi connectivity index (χ1) is 16.9. The minimum atomic E-state index is 0. The Balaban J connectivity index is 0.00000241. The molecule has 1 amide bonds. The zero-order chi connectivity index (χ0) is 24.8. The lowest BCUT2D eigenvalue weighted by molar-refractivity contribution is -0.125. The topological polar surface area (TPSA) is 74.5 Å². The number of halogens is 4. The van der Waals surface area contributed by atoms with E-state index in [1.165, 1.54) is 11.9 Å². The molecule has 0 saturated carbocycles. The van der Waals surface area contributed by atoms with Crippen molar-refractivity contribution in [3.8, 4) is 11.3 Å². The summed E-state index contributed by atoms with van der Waals surface area (Å²) in [6.07, 6.45) is 1.84. The SMILES string of the molecule is CC(=O)N(Sc1nc(-c2cccc(NCCN)c2)cs1)C1CCN(Cc2ccc(Cl)c(Cl)c2)CC1.Cl.Cl. The molecule has 1 aromatic heterocycles. The van der Waals surface area contributed by atoms with E-state index in [0.717, 1.165) is 65.9 Å². The number of amides is 1. The van der Waals surface area contributed by atoms with Crippen LogP contribution in [0.3, 0.4) is 0 Å². The average molecular weight is 624 g/mol. The smallest absolute Gasteiger partial charge is 0.229 e. The molecule has 0 radical (unpaired) electrons. The third-order valence-electron chi connectivity index (χ3n) is 5.88. The van der Waals surface area contributed by atoms with Crippen molar-refractivity contribution in [1.82, 2.24) is 14.2 Å². The summed E-state index contributed by atoms with van der Waals surface area (Å²) < 4.78 is 2.77. The largest absolute Gasteiger partial charge is 0.384 e. The molecule has 0 atom stereocenters. The molecule has 0 spiro atoms. The lowest BCUT2D eigenvalue weighted by Gasteiger charge is -2.37. The van der Waals surface area contributed by atoms with Gasteiger partial charge in [0.05, 0.1) is 15.7 Å². The summed E-state index contributed by atoms with van der Waals surface area (Å²) in [5, 5.41) is 6.50. The number of carbonyl (C=O) groups is 1. The van der Waals surface area contributed by atoms with E-state index in [1.807, 2.05) is 46.1 Å². The molecule has 1 aliphatic heterocycles. The number of nitrogens with one attached hydrogen (secondary N) is 1. The van der Waals surface area contributed by atoms with Gasteiger partial charge in [-0.15, -0.1) is 36.2 Å². The van der Waals surface area contributed by atoms with Crippen LogP contribution < -0.4 is 11.1 Å². The molecule has 1 aliphatic rings. The van der Waals surface area contributed by atoms with Crippen molar-refractivity contribution in [2.75, 3.05) is 31.5 Å². The number of likely N-dealkylation sites (tertiary alicyclic amines) is 1. The molecule has 1 fully saturated rings. The van der Waals surface area contributed by atoms with Gasteiger partial charge in [-0.05, 0) is 42.7 Å². The molecular formula is C25H31Cl4N5OS2. The van der Waals surface area contributed by atoms with Crippen LogP contribution in [0.4, 0.5) is 5.69 Å². The molecule has 6 nitrogen and oxygen atoms in total. The minimum absolute atomic E-state index is 0.